The van der Waals surface area contributed by atoms with Crippen molar-refractivity contribution in [2.24, 2.45) is 5.92 Å². The number of anilines is 2. The molecule has 1 aliphatic carbocycles. The summed E-state index contributed by atoms with van der Waals surface area (Å²) in [5.74, 6) is -0.000150. The molecule has 180 valence electrons. The van der Waals surface area contributed by atoms with E-state index in [2.05, 4.69) is 0 Å². The lowest BCUT2D eigenvalue weighted by molar-refractivity contribution is -0.167. The van der Waals surface area contributed by atoms with Gasteiger partial charge in [0, 0.05) is 17.8 Å². The standard InChI is InChI=1S/C30H31NO4/c32-26-17-9-10-22(20-26)18-19-30(23-11-7-8-12-23)21-27(33)28(29(34)35-30)31(24-13-3-1-4-14-24)25-15-5-2-6-16-25/h1-6,9-10,13-17,20,23,32-33H,7-8,11-12,18-19,21H2/t30-/m1/s1. The van der Waals surface area contributed by atoms with E-state index < -0.39 is 11.6 Å². The van der Waals surface area contributed by atoms with E-state index in [1.807, 2.05) is 72.8 Å². The van der Waals surface area contributed by atoms with Crippen LogP contribution in [0.5, 0.6) is 5.75 Å². The van der Waals surface area contributed by atoms with Crippen molar-refractivity contribution in [2.75, 3.05) is 4.90 Å². The third kappa shape index (κ3) is 4.76. The van der Waals surface area contributed by atoms with Crippen LogP contribution in [0.3, 0.4) is 0 Å². The average Bonchev–Trinajstić information content (AvgIpc) is 3.42. The number of hydrogen-bond donors (Lipinski definition) is 2. The number of aliphatic hydroxyl groups is 1. The second-order valence-corrected chi connectivity index (χ2v) is 9.58. The maximum Gasteiger partial charge on any atom is 0.359 e. The summed E-state index contributed by atoms with van der Waals surface area (Å²) in [4.78, 5) is 15.5. The number of ether oxygens (including phenoxy) is 1. The molecule has 0 saturated heterocycles. The fraction of sp³-hybridized carbons (Fsp3) is 0.300. The number of aromatic hydroxyl groups is 1. The van der Waals surface area contributed by atoms with Crippen molar-refractivity contribution >= 4 is 17.3 Å². The first-order valence-corrected chi connectivity index (χ1v) is 12.4. The van der Waals surface area contributed by atoms with Gasteiger partial charge in [-0.25, -0.2) is 4.79 Å². The van der Waals surface area contributed by atoms with Gasteiger partial charge in [0.2, 0.25) is 0 Å². The summed E-state index contributed by atoms with van der Waals surface area (Å²) < 4.78 is 6.36. The van der Waals surface area contributed by atoms with Gasteiger partial charge in [-0.15, -0.1) is 0 Å². The Labute approximate surface area is 206 Å². The first kappa shape index (κ1) is 23.0. The number of phenolic OH excluding ortho intramolecular Hbond substituents is 1. The highest BCUT2D eigenvalue weighted by molar-refractivity contribution is 5.97. The van der Waals surface area contributed by atoms with E-state index in [0.717, 1.165) is 42.6 Å². The number of carbonyl (C=O) groups excluding carboxylic acids is 1. The maximum atomic E-state index is 13.7. The fourth-order valence-corrected chi connectivity index (χ4v) is 5.63. The molecule has 0 aromatic heterocycles. The third-order valence-corrected chi connectivity index (χ3v) is 7.33. The van der Waals surface area contributed by atoms with E-state index >= 15 is 0 Å². The molecule has 2 aliphatic rings. The number of cyclic esters (lactones) is 1. The molecule has 0 bridgehead atoms. The van der Waals surface area contributed by atoms with Gasteiger partial charge in [-0.3, -0.25) is 0 Å². The van der Waals surface area contributed by atoms with Crippen LogP contribution in [-0.2, 0) is 16.0 Å². The number of nitrogens with zero attached hydrogens (tertiary/aromatic N) is 1. The van der Waals surface area contributed by atoms with Crippen LogP contribution >= 0.6 is 0 Å². The Kier molecular flexibility index (Phi) is 6.49. The second kappa shape index (κ2) is 9.87. The zero-order valence-electron chi connectivity index (χ0n) is 19.8. The number of aliphatic hydroxyl groups excluding tert-OH is 1. The van der Waals surface area contributed by atoms with E-state index in [-0.39, 0.29) is 29.5 Å². The van der Waals surface area contributed by atoms with Gasteiger partial charge in [0.05, 0.1) is 0 Å². The lowest BCUT2D eigenvalue weighted by Gasteiger charge is -2.43. The molecule has 1 aliphatic heterocycles. The molecule has 0 unspecified atom stereocenters. The Bertz CT molecular complexity index is 1160. The molecule has 5 nitrogen and oxygen atoms in total. The third-order valence-electron chi connectivity index (χ3n) is 7.33. The molecular formula is C30H31NO4. The summed E-state index contributed by atoms with van der Waals surface area (Å²) in [6, 6.07) is 26.4. The van der Waals surface area contributed by atoms with Crippen molar-refractivity contribution < 1.29 is 19.7 Å². The molecule has 1 fully saturated rings. The molecule has 0 radical (unpaired) electrons. The van der Waals surface area contributed by atoms with Crippen molar-refractivity contribution in [3.8, 4) is 5.75 Å². The smallest absolute Gasteiger partial charge is 0.359 e. The summed E-state index contributed by atoms with van der Waals surface area (Å²) in [5.41, 5.74) is 1.97. The van der Waals surface area contributed by atoms with Gasteiger partial charge >= 0.3 is 5.97 Å². The minimum atomic E-state index is -0.758. The van der Waals surface area contributed by atoms with Crippen molar-refractivity contribution in [1.29, 1.82) is 0 Å². The highest BCUT2D eigenvalue weighted by atomic mass is 16.6. The number of carbonyl (C=O) groups is 1. The predicted octanol–water partition coefficient (Wildman–Crippen LogP) is 6.81. The predicted molar refractivity (Wildman–Crippen MR) is 137 cm³/mol. The molecule has 3 aromatic carbocycles. The van der Waals surface area contributed by atoms with Gasteiger partial charge in [-0.1, -0.05) is 61.4 Å². The van der Waals surface area contributed by atoms with Gasteiger partial charge < -0.3 is 19.8 Å². The number of para-hydroxylation sites is 2. The highest BCUT2D eigenvalue weighted by Gasteiger charge is 2.49. The van der Waals surface area contributed by atoms with Crippen LogP contribution in [0.1, 0.15) is 44.1 Å². The Morgan fingerprint density at radius 2 is 1.49 bits per heavy atom. The molecule has 2 N–H and O–H groups in total. The van der Waals surface area contributed by atoms with Gasteiger partial charge in [0.15, 0.2) is 5.70 Å². The van der Waals surface area contributed by atoms with E-state index in [4.69, 9.17) is 4.74 Å². The van der Waals surface area contributed by atoms with Crippen molar-refractivity contribution in [3.05, 3.63) is 102 Å². The number of benzene rings is 3. The van der Waals surface area contributed by atoms with Crippen LogP contribution < -0.4 is 4.90 Å². The molecule has 0 amide bonds. The van der Waals surface area contributed by atoms with Crippen molar-refractivity contribution in [1.82, 2.24) is 0 Å². The van der Waals surface area contributed by atoms with Crippen LogP contribution in [0, 0.1) is 5.92 Å². The zero-order valence-corrected chi connectivity index (χ0v) is 19.8. The van der Waals surface area contributed by atoms with E-state index in [0.29, 0.717) is 12.8 Å². The monoisotopic (exact) mass is 469 g/mol. The van der Waals surface area contributed by atoms with Crippen molar-refractivity contribution in [3.63, 3.8) is 0 Å². The lowest BCUT2D eigenvalue weighted by atomic mass is 9.77. The summed E-state index contributed by atoms with van der Waals surface area (Å²) in [7, 11) is 0. The number of phenols is 1. The lowest BCUT2D eigenvalue weighted by Crippen LogP contribution is -2.48. The number of rotatable bonds is 7. The van der Waals surface area contributed by atoms with Crippen LogP contribution in [0.25, 0.3) is 0 Å². The normalized spacial score (nSPS) is 20.6. The Morgan fingerprint density at radius 1 is 0.857 bits per heavy atom. The first-order valence-electron chi connectivity index (χ1n) is 12.4. The summed E-state index contributed by atoms with van der Waals surface area (Å²) in [6.07, 6.45) is 5.71. The second-order valence-electron chi connectivity index (χ2n) is 9.58. The van der Waals surface area contributed by atoms with Gasteiger partial charge in [-0.05, 0) is 73.6 Å². The molecule has 3 aromatic rings. The number of hydrogen-bond acceptors (Lipinski definition) is 5. The van der Waals surface area contributed by atoms with E-state index in [9.17, 15) is 15.0 Å². The topological polar surface area (TPSA) is 70.0 Å². The molecule has 35 heavy (non-hydrogen) atoms. The number of aryl methyl sites for hydroxylation is 1. The van der Waals surface area contributed by atoms with Crippen molar-refractivity contribution in [2.45, 2.75) is 50.5 Å². The van der Waals surface area contributed by atoms with E-state index in [1.165, 1.54) is 0 Å². The fourth-order valence-electron chi connectivity index (χ4n) is 5.63. The largest absolute Gasteiger partial charge is 0.510 e. The molecular weight excluding hydrogens is 438 g/mol. The average molecular weight is 470 g/mol. The Balaban J connectivity index is 1.52. The van der Waals surface area contributed by atoms with Gasteiger partial charge in [0.25, 0.3) is 0 Å². The highest BCUT2D eigenvalue weighted by Crippen LogP contribution is 2.47. The molecule has 0 spiro atoms. The van der Waals surface area contributed by atoms with E-state index in [1.54, 1.807) is 17.0 Å². The molecule has 5 heteroatoms. The summed E-state index contributed by atoms with van der Waals surface area (Å²) in [5, 5.41) is 21.4. The minimum Gasteiger partial charge on any atom is -0.510 e. The van der Waals surface area contributed by atoms with Crippen LogP contribution in [-0.4, -0.2) is 21.8 Å². The quantitative estimate of drug-likeness (QED) is 0.372. The SMILES string of the molecule is O=C1O[C@@](CCc2cccc(O)c2)(C2CCCC2)CC(O)=C1N(c1ccccc1)c1ccccc1. The molecule has 5 rings (SSSR count). The molecule has 1 atom stereocenters. The van der Waals surface area contributed by atoms with Gasteiger partial charge in [-0.2, -0.15) is 0 Å². The first-order chi connectivity index (χ1) is 17.1. The van der Waals surface area contributed by atoms with Crippen LogP contribution in [0.4, 0.5) is 11.4 Å². The van der Waals surface area contributed by atoms with Gasteiger partial charge in [0.1, 0.15) is 17.1 Å². The van der Waals surface area contributed by atoms with Crippen LogP contribution in [0.2, 0.25) is 0 Å². The Morgan fingerprint density at radius 3 is 2.06 bits per heavy atom. The Hall–Kier alpha value is -3.73. The van der Waals surface area contributed by atoms with Crippen LogP contribution in [0.15, 0.2) is 96.4 Å². The number of esters is 1. The molecule has 1 saturated carbocycles. The zero-order chi connectivity index (χ0) is 24.3. The minimum absolute atomic E-state index is 0.0664. The maximum absolute atomic E-state index is 13.7. The molecule has 1 heterocycles. The summed E-state index contributed by atoms with van der Waals surface area (Å²) >= 11 is 0. The summed E-state index contributed by atoms with van der Waals surface area (Å²) in [6.45, 7) is 0.